The maximum absolute atomic E-state index is 12.2. The van der Waals surface area contributed by atoms with Gasteiger partial charge in [-0.15, -0.1) is 0 Å². The van der Waals surface area contributed by atoms with Gasteiger partial charge in [-0.1, -0.05) is 50.5 Å². The van der Waals surface area contributed by atoms with Gasteiger partial charge in [0.15, 0.2) is 0 Å². The molecule has 0 atom stereocenters. The molecule has 20 heavy (non-hydrogen) atoms. The van der Waals surface area contributed by atoms with E-state index in [1.165, 1.54) is 17.5 Å². The van der Waals surface area contributed by atoms with Crippen molar-refractivity contribution in [1.29, 1.82) is 0 Å². The summed E-state index contributed by atoms with van der Waals surface area (Å²) in [7, 11) is 0. The minimum atomic E-state index is -0.621. The molecule has 3 N–H and O–H groups in total. The highest BCUT2D eigenvalue weighted by molar-refractivity contribution is 5.86. The summed E-state index contributed by atoms with van der Waals surface area (Å²) in [5.41, 5.74) is 8.20. The zero-order chi connectivity index (χ0) is 14.4. The van der Waals surface area contributed by atoms with Gasteiger partial charge in [0, 0.05) is 6.54 Å². The van der Waals surface area contributed by atoms with E-state index in [1.54, 1.807) is 0 Å². The summed E-state index contributed by atoms with van der Waals surface area (Å²) in [6, 6.07) is 8.60. The van der Waals surface area contributed by atoms with Gasteiger partial charge in [0.25, 0.3) is 0 Å². The van der Waals surface area contributed by atoms with Crippen molar-refractivity contribution in [3.8, 4) is 0 Å². The fraction of sp³-hybridized carbons (Fsp3) is 0.588. The second-order valence-corrected chi connectivity index (χ2v) is 5.89. The first-order valence-corrected chi connectivity index (χ1v) is 7.79. The highest BCUT2D eigenvalue weighted by Gasteiger charge is 2.34. The first kappa shape index (κ1) is 15.0. The molecular weight excluding hydrogens is 248 g/mol. The van der Waals surface area contributed by atoms with E-state index < -0.39 is 5.54 Å². The average Bonchev–Trinajstić information content (AvgIpc) is 2.48. The van der Waals surface area contributed by atoms with Crippen LogP contribution in [0.1, 0.15) is 50.2 Å². The van der Waals surface area contributed by atoms with E-state index in [1.807, 2.05) is 0 Å². The van der Waals surface area contributed by atoms with Crippen molar-refractivity contribution in [3.05, 3.63) is 35.4 Å². The second kappa shape index (κ2) is 6.89. The molecule has 1 amide bonds. The van der Waals surface area contributed by atoms with Crippen LogP contribution in [0.2, 0.25) is 0 Å². The zero-order valence-corrected chi connectivity index (χ0v) is 12.5. The molecule has 1 saturated carbocycles. The van der Waals surface area contributed by atoms with Crippen molar-refractivity contribution in [2.45, 2.75) is 57.4 Å². The Morgan fingerprint density at radius 2 is 1.75 bits per heavy atom. The molecule has 0 heterocycles. The van der Waals surface area contributed by atoms with E-state index in [0.717, 1.165) is 38.5 Å². The number of carbonyl (C=O) groups excluding carboxylic acids is 1. The normalized spacial score (nSPS) is 17.7. The van der Waals surface area contributed by atoms with Gasteiger partial charge >= 0.3 is 0 Å². The van der Waals surface area contributed by atoms with Crippen LogP contribution in [-0.4, -0.2) is 18.0 Å². The van der Waals surface area contributed by atoms with E-state index >= 15 is 0 Å². The number of carbonyl (C=O) groups is 1. The van der Waals surface area contributed by atoms with Crippen LogP contribution in [0.15, 0.2) is 24.3 Å². The number of nitrogens with one attached hydrogen (secondary N) is 1. The lowest BCUT2D eigenvalue weighted by molar-refractivity contribution is -0.127. The molecule has 3 heteroatoms. The van der Waals surface area contributed by atoms with Crippen LogP contribution in [0, 0.1) is 0 Å². The fourth-order valence-electron chi connectivity index (χ4n) is 2.85. The number of rotatable bonds is 5. The van der Waals surface area contributed by atoms with E-state index in [9.17, 15) is 4.79 Å². The van der Waals surface area contributed by atoms with Crippen molar-refractivity contribution in [1.82, 2.24) is 5.32 Å². The molecule has 1 aliphatic carbocycles. The Morgan fingerprint density at radius 1 is 1.15 bits per heavy atom. The third kappa shape index (κ3) is 3.83. The van der Waals surface area contributed by atoms with Gasteiger partial charge in [0.2, 0.25) is 5.91 Å². The molecule has 0 spiro atoms. The molecule has 110 valence electrons. The monoisotopic (exact) mass is 274 g/mol. The standard InChI is InChI=1S/C17H26N2O/c1-2-14-6-8-15(9-7-14)10-13-19-16(20)17(18)11-4-3-5-12-17/h6-9H,2-5,10-13,18H2,1H3,(H,19,20). The molecule has 0 bridgehead atoms. The van der Waals surface area contributed by atoms with Crippen LogP contribution in [0.3, 0.4) is 0 Å². The van der Waals surface area contributed by atoms with Gasteiger partial charge in [-0.25, -0.2) is 0 Å². The van der Waals surface area contributed by atoms with Crippen LogP contribution in [0.25, 0.3) is 0 Å². The minimum Gasteiger partial charge on any atom is -0.354 e. The Balaban J connectivity index is 1.78. The number of aryl methyl sites for hydroxylation is 1. The number of hydrogen-bond acceptors (Lipinski definition) is 2. The molecule has 0 aromatic heterocycles. The molecule has 1 aromatic carbocycles. The zero-order valence-electron chi connectivity index (χ0n) is 12.5. The topological polar surface area (TPSA) is 55.1 Å². The average molecular weight is 274 g/mol. The summed E-state index contributed by atoms with van der Waals surface area (Å²) < 4.78 is 0. The van der Waals surface area contributed by atoms with Crippen LogP contribution in [-0.2, 0) is 17.6 Å². The van der Waals surface area contributed by atoms with Crippen LogP contribution < -0.4 is 11.1 Å². The lowest BCUT2D eigenvalue weighted by Crippen LogP contribution is -2.55. The van der Waals surface area contributed by atoms with Gasteiger partial charge in [-0.3, -0.25) is 4.79 Å². The van der Waals surface area contributed by atoms with E-state index in [0.29, 0.717) is 6.54 Å². The van der Waals surface area contributed by atoms with Crippen molar-refractivity contribution in [2.24, 2.45) is 5.73 Å². The molecule has 0 saturated heterocycles. The van der Waals surface area contributed by atoms with Gasteiger partial charge in [0.05, 0.1) is 5.54 Å². The highest BCUT2D eigenvalue weighted by Crippen LogP contribution is 2.25. The third-order valence-electron chi connectivity index (χ3n) is 4.33. The highest BCUT2D eigenvalue weighted by atomic mass is 16.2. The molecule has 1 aromatic rings. The molecule has 0 unspecified atom stereocenters. The fourth-order valence-corrected chi connectivity index (χ4v) is 2.85. The molecule has 1 aliphatic rings. The van der Waals surface area contributed by atoms with Crippen molar-refractivity contribution in [2.75, 3.05) is 6.54 Å². The van der Waals surface area contributed by atoms with E-state index in [2.05, 4.69) is 36.5 Å². The predicted molar refractivity (Wildman–Crippen MR) is 82.5 cm³/mol. The SMILES string of the molecule is CCc1ccc(CCNC(=O)C2(N)CCCCC2)cc1. The second-order valence-electron chi connectivity index (χ2n) is 5.89. The molecule has 0 radical (unpaired) electrons. The number of hydrogen-bond donors (Lipinski definition) is 2. The van der Waals surface area contributed by atoms with E-state index in [4.69, 9.17) is 5.73 Å². The molecule has 0 aliphatic heterocycles. The summed E-state index contributed by atoms with van der Waals surface area (Å²) in [6.07, 6.45) is 6.92. The molecular formula is C17H26N2O. The quantitative estimate of drug-likeness (QED) is 0.867. The Kier molecular flexibility index (Phi) is 5.18. The molecule has 2 rings (SSSR count). The van der Waals surface area contributed by atoms with Gasteiger partial charge < -0.3 is 11.1 Å². The summed E-state index contributed by atoms with van der Waals surface area (Å²) in [4.78, 5) is 12.2. The minimum absolute atomic E-state index is 0.0300. The van der Waals surface area contributed by atoms with Gasteiger partial charge in [-0.2, -0.15) is 0 Å². The maximum atomic E-state index is 12.2. The Morgan fingerprint density at radius 3 is 2.35 bits per heavy atom. The number of amides is 1. The van der Waals surface area contributed by atoms with Crippen molar-refractivity contribution >= 4 is 5.91 Å². The smallest absolute Gasteiger partial charge is 0.240 e. The predicted octanol–water partition coefficient (Wildman–Crippen LogP) is 2.57. The van der Waals surface area contributed by atoms with Crippen LogP contribution in [0.4, 0.5) is 0 Å². The van der Waals surface area contributed by atoms with Crippen molar-refractivity contribution < 1.29 is 4.79 Å². The Bertz CT molecular complexity index is 433. The third-order valence-corrected chi connectivity index (χ3v) is 4.33. The maximum Gasteiger partial charge on any atom is 0.240 e. The Labute approximate surface area is 121 Å². The summed E-state index contributed by atoms with van der Waals surface area (Å²) in [5.74, 6) is 0.0300. The lowest BCUT2D eigenvalue weighted by Gasteiger charge is -2.31. The lowest BCUT2D eigenvalue weighted by atomic mass is 9.82. The molecule has 1 fully saturated rings. The van der Waals surface area contributed by atoms with Crippen molar-refractivity contribution in [3.63, 3.8) is 0 Å². The molecule has 3 nitrogen and oxygen atoms in total. The van der Waals surface area contributed by atoms with Crippen LogP contribution >= 0.6 is 0 Å². The van der Waals surface area contributed by atoms with Crippen LogP contribution in [0.5, 0.6) is 0 Å². The summed E-state index contributed by atoms with van der Waals surface area (Å²) in [6.45, 7) is 2.82. The summed E-state index contributed by atoms with van der Waals surface area (Å²) >= 11 is 0. The van der Waals surface area contributed by atoms with Gasteiger partial charge in [-0.05, 0) is 36.8 Å². The summed E-state index contributed by atoms with van der Waals surface area (Å²) in [5, 5.41) is 3.01. The first-order valence-electron chi connectivity index (χ1n) is 7.79. The first-order chi connectivity index (χ1) is 9.64. The van der Waals surface area contributed by atoms with E-state index in [-0.39, 0.29) is 5.91 Å². The number of benzene rings is 1. The largest absolute Gasteiger partial charge is 0.354 e. The van der Waals surface area contributed by atoms with Gasteiger partial charge in [0.1, 0.15) is 0 Å². The Hall–Kier alpha value is -1.35. The number of nitrogens with two attached hydrogens (primary N) is 1.